The summed E-state index contributed by atoms with van der Waals surface area (Å²) < 4.78 is 1.75. The van der Waals surface area contributed by atoms with Crippen LogP contribution in [-0.2, 0) is 17.8 Å². The van der Waals surface area contributed by atoms with E-state index in [0.29, 0.717) is 43.3 Å². The van der Waals surface area contributed by atoms with Crippen LogP contribution in [0, 0.1) is 6.92 Å². The SMILES string of the molecule is CCC.Cc1ccc(NCCNCCC(=O)N2CCc3nc(SC4CCC4)n(-c4ccccc4)c(=O)c3C2)cc1. The van der Waals surface area contributed by atoms with Gasteiger partial charge in [-0.1, -0.05) is 74.3 Å². The van der Waals surface area contributed by atoms with Crippen molar-refractivity contribution in [1.82, 2.24) is 19.8 Å². The molecule has 40 heavy (non-hydrogen) atoms. The Balaban J connectivity index is 0.00000118. The summed E-state index contributed by atoms with van der Waals surface area (Å²) in [5.41, 5.74) is 4.62. The first kappa shape index (κ1) is 29.9. The van der Waals surface area contributed by atoms with Crippen molar-refractivity contribution in [2.24, 2.45) is 0 Å². The standard InChI is InChI=1S/C29H35N5O2S.C3H8/c1-21-10-12-22(13-11-21)31-18-17-30-16-14-27(35)33-19-15-26-25(20-33)28(36)34(23-6-3-2-4-7-23)29(32-26)37-24-8-5-9-24;1-3-2/h2-4,6-7,10-13,24,30-31H,5,8-9,14-20H2,1H3;3H2,1-2H3. The molecule has 0 spiro atoms. The summed E-state index contributed by atoms with van der Waals surface area (Å²) in [7, 11) is 0. The van der Waals surface area contributed by atoms with E-state index in [9.17, 15) is 9.59 Å². The third-order valence-electron chi connectivity index (χ3n) is 7.09. The van der Waals surface area contributed by atoms with Crippen LogP contribution >= 0.6 is 11.8 Å². The Hall–Kier alpha value is -3.10. The normalized spacial score (nSPS) is 14.5. The Morgan fingerprint density at radius 2 is 1.75 bits per heavy atom. The molecule has 0 saturated heterocycles. The first-order valence-electron chi connectivity index (χ1n) is 14.7. The minimum absolute atomic E-state index is 0.0455. The van der Waals surface area contributed by atoms with E-state index < -0.39 is 0 Å². The predicted octanol–water partition coefficient (Wildman–Crippen LogP) is 5.58. The Morgan fingerprint density at radius 1 is 1.02 bits per heavy atom. The van der Waals surface area contributed by atoms with Gasteiger partial charge in [-0.2, -0.15) is 0 Å². The lowest BCUT2D eigenvalue weighted by Gasteiger charge is -2.30. The maximum absolute atomic E-state index is 13.7. The molecule has 2 N–H and O–H groups in total. The van der Waals surface area contributed by atoms with Gasteiger partial charge >= 0.3 is 0 Å². The lowest BCUT2D eigenvalue weighted by atomic mass is 10.0. The zero-order chi connectivity index (χ0) is 28.3. The molecule has 0 bridgehead atoms. The minimum Gasteiger partial charge on any atom is -0.384 e. The third kappa shape index (κ3) is 7.98. The molecule has 3 aromatic rings. The van der Waals surface area contributed by atoms with Crippen molar-refractivity contribution in [1.29, 1.82) is 0 Å². The number of rotatable bonds is 10. The number of aryl methyl sites for hydroxylation is 1. The molecule has 1 amide bonds. The number of hydrogen-bond donors (Lipinski definition) is 2. The van der Waals surface area contributed by atoms with Gasteiger partial charge in [0.15, 0.2) is 5.16 Å². The third-order valence-corrected chi connectivity index (χ3v) is 8.38. The van der Waals surface area contributed by atoms with Crippen LogP contribution in [0.3, 0.4) is 0 Å². The van der Waals surface area contributed by atoms with E-state index in [1.165, 1.54) is 31.2 Å². The molecular weight excluding hydrogens is 518 g/mol. The first-order valence-corrected chi connectivity index (χ1v) is 15.5. The number of benzene rings is 2. The highest BCUT2D eigenvalue weighted by atomic mass is 32.2. The molecule has 1 fully saturated rings. The number of aromatic nitrogens is 2. The second-order valence-electron chi connectivity index (χ2n) is 10.5. The molecule has 0 radical (unpaired) electrons. The van der Waals surface area contributed by atoms with Gasteiger partial charge in [0.1, 0.15) is 0 Å². The molecular formula is C32H43N5O2S. The van der Waals surface area contributed by atoms with Crippen LogP contribution in [0.15, 0.2) is 64.5 Å². The van der Waals surface area contributed by atoms with Crippen LogP contribution in [0.5, 0.6) is 0 Å². The number of carbonyl (C=O) groups excluding carboxylic acids is 1. The van der Waals surface area contributed by atoms with Gasteiger partial charge in [0.2, 0.25) is 5.91 Å². The molecule has 1 aromatic heterocycles. The highest BCUT2D eigenvalue weighted by molar-refractivity contribution is 7.99. The number of thioether (sulfide) groups is 1. The minimum atomic E-state index is -0.0455. The summed E-state index contributed by atoms with van der Waals surface area (Å²) in [5, 5.41) is 8.03. The number of fused-ring (bicyclic) bond motifs is 1. The Labute approximate surface area is 242 Å². The molecule has 1 aliphatic heterocycles. The van der Waals surface area contributed by atoms with E-state index in [2.05, 4.69) is 55.7 Å². The molecule has 2 aromatic carbocycles. The number of amides is 1. The molecule has 2 heterocycles. The fourth-order valence-corrected chi connectivity index (χ4v) is 5.96. The number of nitrogens with one attached hydrogen (secondary N) is 2. The van der Waals surface area contributed by atoms with E-state index >= 15 is 0 Å². The number of para-hydroxylation sites is 1. The molecule has 7 nitrogen and oxygen atoms in total. The average molecular weight is 562 g/mol. The van der Waals surface area contributed by atoms with Crippen molar-refractivity contribution in [3.63, 3.8) is 0 Å². The van der Waals surface area contributed by atoms with E-state index in [1.54, 1.807) is 16.3 Å². The highest BCUT2D eigenvalue weighted by Gasteiger charge is 2.28. The second-order valence-corrected chi connectivity index (χ2v) is 11.8. The first-order chi connectivity index (χ1) is 19.5. The van der Waals surface area contributed by atoms with Gasteiger partial charge in [-0.25, -0.2) is 4.98 Å². The van der Waals surface area contributed by atoms with Crippen LogP contribution in [0.4, 0.5) is 5.69 Å². The largest absolute Gasteiger partial charge is 0.384 e. The van der Waals surface area contributed by atoms with Crippen LogP contribution in [0.2, 0.25) is 0 Å². The molecule has 0 atom stereocenters. The Morgan fingerprint density at radius 3 is 2.42 bits per heavy atom. The maximum atomic E-state index is 13.7. The van der Waals surface area contributed by atoms with E-state index in [-0.39, 0.29) is 11.5 Å². The van der Waals surface area contributed by atoms with E-state index in [0.717, 1.165) is 35.3 Å². The van der Waals surface area contributed by atoms with Crippen molar-refractivity contribution in [2.45, 2.75) is 76.2 Å². The summed E-state index contributed by atoms with van der Waals surface area (Å²) in [6, 6.07) is 18.1. The summed E-state index contributed by atoms with van der Waals surface area (Å²) in [4.78, 5) is 33.4. The van der Waals surface area contributed by atoms with Gasteiger partial charge in [0.25, 0.3) is 5.56 Å². The Bertz CT molecular complexity index is 1290. The molecule has 8 heteroatoms. The molecule has 5 rings (SSSR count). The zero-order valence-electron chi connectivity index (χ0n) is 24.1. The van der Waals surface area contributed by atoms with Gasteiger partial charge in [0.05, 0.1) is 23.5 Å². The fraction of sp³-hybridized carbons (Fsp3) is 0.469. The summed E-state index contributed by atoms with van der Waals surface area (Å²) >= 11 is 1.72. The van der Waals surface area contributed by atoms with Crippen molar-refractivity contribution in [3.8, 4) is 5.69 Å². The number of anilines is 1. The highest BCUT2D eigenvalue weighted by Crippen LogP contribution is 2.36. The molecule has 1 aliphatic carbocycles. The summed E-state index contributed by atoms with van der Waals surface area (Å²) in [6.07, 6.45) is 5.87. The summed E-state index contributed by atoms with van der Waals surface area (Å²) in [5.74, 6) is 0.0724. The van der Waals surface area contributed by atoms with Crippen LogP contribution in [-0.4, -0.2) is 51.8 Å². The Kier molecular flexibility index (Phi) is 11.2. The smallest absolute Gasteiger partial charge is 0.264 e. The quantitative estimate of drug-likeness (QED) is 0.249. The lowest BCUT2D eigenvalue weighted by Crippen LogP contribution is -2.42. The van der Waals surface area contributed by atoms with Crippen molar-refractivity contribution >= 4 is 23.4 Å². The number of carbonyl (C=O) groups is 1. The molecule has 214 valence electrons. The number of hydrogen-bond acceptors (Lipinski definition) is 6. The lowest BCUT2D eigenvalue weighted by molar-refractivity contribution is -0.132. The van der Waals surface area contributed by atoms with Gasteiger partial charge in [-0.15, -0.1) is 0 Å². The summed E-state index contributed by atoms with van der Waals surface area (Å²) in [6.45, 7) is 9.44. The molecule has 0 unspecified atom stereocenters. The van der Waals surface area contributed by atoms with Crippen molar-refractivity contribution in [2.75, 3.05) is 31.5 Å². The zero-order valence-corrected chi connectivity index (χ0v) is 24.9. The van der Waals surface area contributed by atoms with Crippen molar-refractivity contribution in [3.05, 3.63) is 81.8 Å². The molecule has 1 saturated carbocycles. The monoisotopic (exact) mass is 561 g/mol. The fourth-order valence-electron chi connectivity index (χ4n) is 4.63. The van der Waals surface area contributed by atoms with E-state index in [1.807, 2.05) is 35.2 Å². The topological polar surface area (TPSA) is 79.3 Å². The van der Waals surface area contributed by atoms with Gasteiger partial charge in [-0.3, -0.25) is 14.2 Å². The number of nitrogens with zero attached hydrogens (tertiary/aromatic N) is 3. The molecule has 2 aliphatic rings. The van der Waals surface area contributed by atoms with Crippen LogP contribution in [0.1, 0.15) is 62.8 Å². The maximum Gasteiger partial charge on any atom is 0.264 e. The van der Waals surface area contributed by atoms with Gasteiger partial charge in [-0.05, 0) is 44.0 Å². The van der Waals surface area contributed by atoms with Crippen LogP contribution in [0.25, 0.3) is 5.69 Å². The second kappa shape index (κ2) is 15.1. The van der Waals surface area contributed by atoms with Crippen molar-refractivity contribution < 1.29 is 4.79 Å². The average Bonchev–Trinajstić information content (AvgIpc) is 2.94. The predicted molar refractivity (Wildman–Crippen MR) is 166 cm³/mol. The van der Waals surface area contributed by atoms with E-state index in [4.69, 9.17) is 4.98 Å². The van der Waals surface area contributed by atoms with Gasteiger partial charge < -0.3 is 15.5 Å². The van der Waals surface area contributed by atoms with Gasteiger partial charge in [0, 0.05) is 50.0 Å². The van der Waals surface area contributed by atoms with Crippen LogP contribution < -0.4 is 16.2 Å².